The second kappa shape index (κ2) is 8.30. The Bertz CT molecular complexity index is 997. The number of rotatable bonds is 7. The van der Waals surface area contributed by atoms with Crippen molar-refractivity contribution >= 4 is 11.8 Å². The Balaban J connectivity index is 1.80. The van der Waals surface area contributed by atoms with Gasteiger partial charge in [-0.25, -0.2) is 4.98 Å². The number of nitrogen functional groups attached to an aromatic ring is 1. The second-order valence-corrected chi connectivity index (χ2v) is 5.95. The number of carbonyl (C=O) groups excluding carboxylic acids is 1. The molecule has 0 atom stereocenters. The minimum absolute atomic E-state index is 0.0330. The molecule has 0 aliphatic rings. The molecule has 3 rings (SSSR count). The third-order valence-electron chi connectivity index (χ3n) is 4.15. The van der Waals surface area contributed by atoms with Gasteiger partial charge in [0.1, 0.15) is 17.9 Å². The van der Waals surface area contributed by atoms with Crippen molar-refractivity contribution in [3.05, 3.63) is 54.1 Å². The van der Waals surface area contributed by atoms with E-state index in [-0.39, 0.29) is 18.2 Å². The lowest BCUT2D eigenvalue weighted by Gasteiger charge is -2.10. The van der Waals surface area contributed by atoms with Crippen LogP contribution in [0.5, 0.6) is 5.75 Å². The summed E-state index contributed by atoms with van der Waals surface area (Å²) in [5, 5.41) is 16.0. The van der Waals surface area contributed by atoms with Crippen LogP contribution in [-0.2, 0) is 16.0 Å². The topological polar surface area (TPSA) is 129 Å². The Hall–Kier alpha value is -3.75. The molecule has 0 saturated carbocycles. The smallest absolute Gasteiger partial charge is 0.305 e. The molecular weight excluding hydrogens is 360 g/mol. The number of hydrogen-bond donors (Lipinski definition) is 2. The van der Waals surface area contributed by atoms with E-state index in [4.69, 9.17) is 15.9 Å². The van der Waals surface area contributed by atoms with Gasteiger partial charge in [0.15, 0.2) is 5.82 Å². The maximum absolute atomic E-state index is 11.2. The lowest BCUT2D eigenvalue weighted by atomic mass is 10.1. The SMILES string of the molecule is COC(=O)CCc1cn(-c2ccc(-c3ccc(C(=N)N)cc3OC)nn2)cn1. The number of aromatic nitrogens is 4. The van der Waals surface area contributed by atoms with Gasteiger partial charge >= 0.3 is 5.97 Å². The second-order valence-electron chi connectivity index (χ2n) is 5.95. The molecule has 0 unspecified atom stereocenters. The lowest BCUT2D eigenvalue weighted by Crippen LogP contribution is -2.11. The van der Waals surface area contributed by atoms with E-state index in [0.29, 0.717) is 29.2 Å². The molecule has 144 valence electrons. The molecule has 2 heterocycles. The number of hydrogen-bond acceptors (Lipinski definition) is 7. The van der Waals surface area contributed by atoms with E-state index in [1.807, 2.05) is 12.1 Å². The number of aryl methyl sites for hydroxylation is 1. The normalized spacial score (nSPS) is 10.5. The number of nitrogens with two attached hydrogens (primary N) is 1. The van der Waals surface area contributed by atoms with Crippen LogP contribution in [-0.4, -0.2) is 45.8 Å². The van der Waals surface area contributed by atoms with Crippen LogP contribution in [0.3, 0.4) is 0 Å². The van der Waals surface area contributed by atoms with Crippen LogP contribution in [0.1, 0.15) is 17.7 Å². The molecule has 9 nitrogen and oxygen atoms in total. The zero-order valence-corrected chi connectivity index (χ0v) is 15.5. The highest BCUT2D eigenvalue weighted by Crippen LogP contribution is 2.29. The first-order chi connectivity index (χ1) is 13.5. The first-order valence-corrected chi connectivity index (χ1v) is 8.48. The summed E-state index contributed by atoms with van der Waals surface area (Å²) in [5.74, 6) is 0.847. The van der Waals surface area contributed by atoms with Crippen LogP contribution in [0, 0.1) is 5.41 Å². The quantitative estimate of drug-likeness (QED) is 0.363. The first-order valence-electron chi connectivity index (χ1n) is 8.48. The molecular formula is C19H20N6O3. The maximum atomic E-state index is 11.2. The number of imidazole rings is 1. The van der Waals surface area contributed by atoms with Crippen molar-refractivity contribution in [3.63, 3.8) is 0 Å². The average molecular weight is 380 g/mol. The Morgan fingerprint density at radius 2 is 2.04 bits per heavy atom. The van der Waals surface area contributed by atoms with E-state index in [2.05, 4.69) is 19.9 Å². The predicted octanol–water partition coefficient (Wildman–Crippen LogP) is 1.73. The average Bonchev–Trinajstić information content (AvgIpc) is 3.20. The largest absolute Gasteiger partial charge is 0.496 e. The van der Waals surface area contributed by atoms with Crippen LogP contribution < -0.4 is 10.5 Å². The fourth-order valence-corrected chi connectivity index (χ4v) is 2.63. The molecule has 3 aromatic rings. The van der Waals surface area contributed by atoms with Gasteiger partial charge in [-0.1, -0.05) is 6.07 Å². The van der Waals surface area contributed by atoms with Crippen molar-refractivity contribution in [2.45, 2.75) is 12.8 Å². The Morgan fingerprint density at radius 3 is 2.68 bits per heavy atom. The monoisotopic (exact) mass is 380 g/mol. The summed E-state index contributed by atoms with van der Waals surface area (Å²) >= 11 is 0. The van der Waals surface area contributed by atoms with Crippen LogP contribution in [0.2, 0.25) is 0 Å². The number of amidine groups is 1. The molecule has 0 aliphatic carbocycles. The zero-order valence-electron chi connectivity index (χ0n) is 15.5. The van der Waals surface area contributed by atoms with Crippen molar-refractivity contribution in [1.29, 1.82) is 5.41 Å². The van der Waals surface area contributed by atoms with E-state index in [1.54, 1.807) is 42.4 Å². The van der Waals surface area contributed by atoms with Crippen molar-refractivity contribution in [3.8, 4) is 22.8 Å². The molecule has 3 N–H and O–H groups in total. The Morgan fingerprint density at radius 1 is 1.21 bits per heavy atom. The summed E-state index contributed by atoms with van der Waals surface area (Å²) in [6.07, 6.45) is 4.19. The van der Waals surface area contributed by atoms with E-state index in [0.717, 1.165) is 11.3 Å². The summed E-state index contributed by atoms with van der Waals surface area (Å²) in [5.41, 5.74) is 8.23. The van der Waals surface area contributed by atoms with Gasteiger partial charge in [-0.2, -0.15) is 0 Å². The fourth-order valence-electron chi connectivity index (χ4n) is 2.63. The van der Waals surface area contributed by atoms with E-state index in [1.165, 1.54) is 7.11 Å². The van der Waals surface area contributed by atoms with Gasteiger partial charge in [-0.3, -0.25) is 14.8 Å². The molecule has 1 aromatic carbocycles. The van der Waals surface area contributed by atoms with Gasteiger partial charge in [-0.05, 0) is 24.3 Å². The standard InChI is InChI=1S/C19H20N6O3/c1-27-16-9-12(19(20)21)3-5-14(16)15-6-7-17(24-23-15)25-10-13(22-11-25)4-8-18(26)28-2/h3,5-7,9-11H,4,8H2,1-2H3,(H3,20,21). The molecule has 0 fully saturated rings. The fraction of sp³-hybridized carbons (Fsp3) is 0.211. The summed E-state index contributed by atoms with van der Waals surface area (Å²) in [7, 11) is 2.91. The maximum Gasteiger partial charge on any atom is 0.305 e. The van der Waals surface area contributed by atoms with Crippen LogP contribution in [0.25, 0.3) is 17.1 Å². The minimum Gasteiger partial charge on any atom is -0.496 e. The van der Waals surface area contributed by atoms with E-state index in [9.17, 15) is 4.79 Å². The number of benzene rings is 1. The van der Waals surface area contributed by atoms with Gasteiger partial charge in [-0.15, -0.1) is 10.2 Å². The third kappa shape index (κ3) is 4.14. The zero-order chi connectivity index (χ0) is 20.1. The molecule has 28 heavy (non-hydrogen) atoms. The highest BCUT2D eigenvalue weighted by atomic mass is 16.5. The van der Waals surface area contributed by atoms with Gasteiger partial charge in [0.05, 0.1) is 32.0 Å². The van der Waals surface area contributed by atoms with E-state index < -0.39 is 0 Å². The van der Waals surface area contributed by atoms with E-state index >= 15 is 0 Å². The van der Waals surface area contributed by atoms with Crippen molar-refractivity contribution in [1.82, 2.24) is 19.7 Å². The molecule has 9 heteroatoms. The number of nitrogens with one attached hydrogen (secondary N) is 1. The van der Waals surface area contributed by atoms with Crippen molar-refractivity contribution < 1.29 is 14.3 Å². The molecule has 0 saturated heterocycles. The Labute approximate surface area is 161 Å². The molecule has 0 spiro atoms. The summed E-state index contributed by atoms with van der Waals surface area (Å²) in [4.78, 5) is 15.5. The minimum atomic E-state index is -0.275. The van der Waals surface area contributed by atoms with Gasteiger partial charge in [0, 0.05) is 23.7 Å². The third-order valence-corrected chi connectivity index (χ3v) is 4.15. The number of carbonyl (C=O) groups is 1. The first kappa shape index (κ1) is 19.0. The van der Waals surface area contributed by atoms with Crippen molar-refractivity contribution in [2.75, 3.05) is 14.2 Å². The number of esters is 1. The number of nitrogens with zero attached hydrogens (tertiary/aromatic N) is 4. The van der Waals surface area contributed by atoms with Gasteiger partial charge in [0.25, 0.3) is 0 Å². The number of ether oxygens (including phenoxy) is 2. The summed E-state index contributed by atoms with van der Waals surface area (Å²) in [6.45, 7) is 0. The Kier molecular flexibility index (Phi) is 5.64. The molecule has 2 aromatic heterocycles. The van der Waals surface area contributed by atoms with Gasteiger partial charge < -0.3 is 15.2 Å². The molecule has 0 bridgehead atoms. The summed E-state index contributed by atoms with van der Waals surface area (Å²) < 4.78 is 11.8. The summed E-state index contributed by atoms with van der Waals surface area (Å²) in [6, 6.07) is 8.85. The molecule has 0 amide bonds. The predicted molar refractivity (Wildman–Crippen MR) is 102 cm³/mol. The van der Waals surface area contributed by atoms with Crippen LogP contribution in [0.15, 0.2) is 42.9 Å². The number of methoxy groups -OCH3 is 2. The van der Waals surface area contributed by atoms with Crippen LogP contribution >= 0.6 is 0 Å². The van der Waals surface area contributed by atoms with Crippen molar-refractivity contribution in [2.24, 2.45) is 5.73 Å². The molecule has 0 radical (unpaired) electrons. The van der Waals surface area contributed by atoms with Crippen LogP contribution in [0.4, 0.5) is 0 Å². The lowest BCUT2D eigenvalue weighted by molar-refractivity contribution is -0.140. The highest BCUT2D eigenvalue weighted by Gasteiger charge is 2.11. The molecule has 0 aliphatic heterocycles. The van der Waals surface area contributed by atoms with Gasteiger partial charge in [0.2, 0.25) is 0 Å². The highest BCUT2D eigenvalue weighted by molar-refractivity contribution is 5.96.